The topological polar surface area (TPSA) is 41.7 Å². The lowest BCUT2D eigenvalue weighted by atomic mass is 9.73. The Morgan fingerprint density at radius 2 is 2.00 bits per heavy atom. The van der Waals surface area contributed by atoms with Crippen LogP contribution >= 0.6 is 0 Å². The third kappa shape index (κ3) is 3.05. The van der Waals surface area contributed by atoms with Crippen LogP contribution in [-0.4, -0.2) is 67.8 Å². The molecule has 0 unspecified atom stereocenters. The first-order chi connectivity index (χ1) is 8.70. The summed E-state index contributed by atoms with van der Waals surface area (Å²) in [6, 6.07) is 0. The molecule has 2 fully saturated rings. The molecular formula is C14H29N3O. The lowest BCUT2D eigenvalue weighted by Crippen LogP contribution is -2.63. The Balaban J connectivity index is 1.74. The fourth-order valence-corrected chi connectivity index (χ4v) is 3.31. The minimum atomic E-state index is 0.208. The van der Waals surface area contributed by atoms with Gasteiger partial charge in [0.05, 0.1) is 6.10 Å². The summed E-state index contributed by atoms with van der Waals surface area (Å²) in [5.41, 5.74) is 6.21. The molecule has 1 aliphatic carbocycles. The van der Waals surface area contributed by atoms with Crippen LogP contribution in [0.2, 0.25) is 0 Å². The van der Waals surface area contributed by atoms with Crippen LogP contribution in [-0.2, 0) is 4.74 Å². The van der Waals surface area contributed by atoms with Crippen molar-refractivity contribution in [1.29, 1.82) is 0 Å². The second-order valence-corrected chi connectivity index (χ2v) is 5.88. The zero-order valence-corrected chi connectivity index (χ0v) is 12.0. The van der Waals surface area contributed by atoms with Gasteiger partial charge in [-0.3, -0.25) is 4.90 Å². The number of hydrogen-bond acceptors (Lipinski definition) is 4. The van der Waals surface area contributed by atoms with Gasteiger partial charge in [-0.05, 0) is 52.7 Å². The quantitative estimate of drug-likeness (QED) is 0.734. The molecule has 0 bridgehead atoms. The predicted octanol–water partition coefficient (Wildman–Crippen LogP) is 0.910. The molecule has 1 saturated carbocycles. The monoisotopic (exact) mass is 255 g/mol. The minimum Gasteiger partial charge on any atom is -0.378 e. The Morgan fingerprint density at radius 1 is 1.33 bits per heavy atom. The van der Waals surface area contributed by atoms with Crippen LogP contribution in [0.4, 0.5) is 0 Å². The number of ether oxygens (including phenoxy) is 1. The van der Waals surface area contributed by atoms with E-state index in [1.54, 1.807) is 0 Å². The summed E-state index contributed by atoms with van der Waals surface area (Å²) in [7, 11) is 2.23. The van der Waals surface area contributed by atoms with Gasteiger partial charge in [-0.1, -0.05) is 0 Å². The van der Waals surface area contributed by atoms with E-state index in [0.29, 0.717) is 6.10 Å². The Kier molecular flexibility index (Phi) is 5.01. The Hall–Kier alpha value is -0.160. The van der Waals surface area contributed by atoms with Gasteiger partial charge in [-0.2, -0.15) is 0 Å². The number of rotatable bonds is 7. The first-order valence-corrected chi connectivity index (χ1v) is 7.45. The summed E-state index contributed by atoms with van der Waals surface area (Å²) in [6.07, 6.45) is 5.39. The Bertz CT molecular complexity index is 247. The van der Waals surface area contributed by atoms with Gasteiger partial charge in [0.2, 0.25) is 0 Å². The highest BCUT2D eigenvalue weighted by atomic mass is 16.5. The maximum absolute atomic E-state index is 6.00. The maximum atomic E-state index is 6.00. The van der Waals surface area contributed by atoms with E-state index in [1.807, 2.05) is 0 Å². The van der Waals surface area contributed by atoms with E-state index in [9.17, 15) is 0 Å². The van der Waals surface area contributed by atoms with Crippen LogP contribution in [0.1, 0.15) is 32.6 Å². The van der Waals surface area contributed by atoms with Gasteiger partial charge in [0, 0.05) is 31.8 Å². The van der Waals surface area contributed by atoms with E-state index in [1.165, 1.54) is 32.5 Å². The van der Waals surface area contributed by atoms with Gasteiger partial charge in [0.25, 0.3) is 0 Å². The molecule has 0 radical (unpaired) electrons. The van der Waals surface area contributed by atoms with Crippen molar-refractivity contribution >= 4 is 0 Å². The van der Waals surface area contributed by atoms with Crippen molar-refractivity contribution in [3.05, 3.63) is 0 Å². The van der Waals surface area contributed by atoms with E-state index in [2.05, 4.69) is 23.8 Å². The molecule has 1 aliphatic heterocycles. The number of nitrogens with two attached hydrogens (primary N) is 1. The fraction of sp³-hybridized carbons (Fsp3) is 1.00. The van der Waals surface area contributed by atoms with Crippen molar-refractivity contribution in [2.45, 2.75) is 44.2 Å². The zero-order chi connectivity index (χ0) is 13.0. The lowest BCUT2D eigenvalue weighted by molar-refractivity contribution is -0.0931. The average molecular weight is 255 g/mol. The molecule has 1 saturated heterocycles. The fourth-order valence-electron chi connectivity index (χ4n) is 3.31. The van der Waals surface area contributed by atoms with Crippen LogP contribution < -0.4 is 5.73 Å². The van der Waals surface area contributed by atoms with Crippen LogP contribution in [0.5, 0.6) is 0 Å². The lowest BCUT2D eigenvalue weighted by Gasteiger charge is -2.52. The molecule has 2 aliphatic rings. The minimum absolute atomic E-state index is 0.208. The second-order valence-electron chi connectivity index (χ2n) is 5.88. The molecule has 0 spiro atoms. The van der Waals surface area contributed by atoms with E-state index in [0.717, 1.165) is 32.5 Å². The molecule has 0 aromatic rings. The Labute approximate surface area is 111 Å². The molecule has 0 atom stereocenters. The second kappa shape index (κ2) is 6.33. The van der Waals surface area contributed by atoms with Crippen molar-refractivity contribution in [3.63, 3.8) is 0 Å². The summed E-state index contributed by atoms with van der Waals surface area (Å²) >= 11 is 0. The number of likely N-dealkylation sites (tertiary alicyclic amines) is 1. The number of likely N-dealkylation sites (N-methyl/N-ethyl adjacent to an activating group) is 1. The summed E-state index contributed by atoms with van der Waals surface area (Å²) < 4.78 is 5.67. The normalized spacial score (nSPS) is 33.0. The standard InChI is InChI=1S/C14H29N3O/c1-3-18-13-10-14(11-13,12-15)16(2)8-9-17-6-4-5-7-17/h13H,3-12,15H2,1-2H3. The van der Waals surface area contributed by atoms with Gasteiger partial charge in [0.1, 0.15) is 0 Å². The molecule has 4 nitrogen and oxygen atoms in total. The summed E-state index contributed by atoms with van der Waals surface area (Å²) in [4.78, 5) is 5.04. The number of nitrogens with zero attached hydrogens (tertiary/aromatic N) is 2. The van der Waals surface area contributed by atoms with Crippen LogP contribution in [0.15, 0.2) is 0 Å². The van der Waals surface area contributed by atoms with Gasteiger partial charge in [-0.25, -0.2) is 0 Å². The van der Waals surface area contributed by atoms with Crippen molar-refractivity contribution in [2.24, 2.45) is 5.73 Å². The molecule has 0 aromatic carbocycles. The van der Waals surface area contributed by atoms with Crippen molar-refractivity contribution < 1.29 is 4.74 Å². The van der Waals surface area contributed by atoms with Gasteiger partial charge in [0.15, 0.2) is 0 Å². The smallest absolute Gasteiger partial charge is 0.0611 e. The highest BCUT2D eigenvalue weighted by Crippen LogP contribution is 2.38. The zero-order valence-electron chi connectivity index (χ0n) is 12.0. The van der Waals surface area contributed by atoms with Gasteiger partial charge in [-0.15, -0.1) is 0 Å². The molecular weight excluding hydrogens is 226 g/mol. The highest BCUT2D eigenvalue weighted by molar-refractivity contribution is 5.03. The van der Waals surface area contributed by atoms with E-state index in [4.69, 9.17) is 10.5 Å². The van der Waals surface area contributed by atoms with Gasteiger partial charge >= 0.3 is 0 Å². The first kappa shape index (κ1) is 14.3. The SMILES string of the molecule is CCOC1CC(CN)(N(C)CCN2CCCC2)C1. The predicted molar refractivity (Wildman–Crippen MR) is 74.7 cm³/mol. The Morgan fingerprint density at radius 3 is 2.56 bits per heavy atom. The van der Waals surface area contributed by atoms with Crippen LogP contribution in [0, 0.1) is 0 Å². The van der Waals surface area contributed by atoms with E-state index in [-0.39, 0.29) is 5.54 Å². The molecule has 2 rings (SSSR count). The molecule has 1 heterocycles. The molecule has 2 N–H and O–H groups in total. The van der Waals surface area contributed by atoms with Crippen molar-refractivity contribution in [3.8, 4) is 0 Å². The molecule has 106 valence electrons. The summed E-state index contributed by atoms with van der Waals surface area (Å²) in [6.45, 7) is 8.54. The molecule has 18 heavy (non-hydrogen) atoms. The van der Waals surface area contributed by atoms with Crippen LogP contribution in [0.25, 0.3) is 0 Å². The number of hydrogen-bond donors (Lipinski definition) is 1. The third-order valence-electron chi connectivity index (χ3n) is 4.76. The van der Waals surface area contributed by atoms with Crippen LogP contribution in [0.3, 0.4) is 0 Å². The first-order valence-electron chi connectivity index (χ1n) is 7.45. The van der Waals surface area contributed by atoms with Crippen molar-refractivity contribution in [2.75, 3.05) is 46.4 Å². The van der Waals surface area contributed by atoms with Gasteiger partial charge < -0.3 is 15.4 Å². The molecule has 0 amide bonds. The van der Waals surface area contributed by atoms with Crippen molar-refractivity contribution in [1.82, 2.24) is 9.80 Å². The molecule has 4 heteroatoms. The summed E-state index contributed by atoms with van der Waals surface area (Å²) in [5.74, 6) is 0. The van der Waals surface area contributed by atoms with E-state index >= 15 is 0 Å². The highest BCUT2D eigenvalue weighted by Gasteiger charge is 2.46. The largest absolute Gasteiger partial charge is 0.378 e. The maximum Gasteiger partial charge on any atom is 0.0611 e. The third-order valence-corrected chi connectivity index (χ3v) is 4.76. The van der Waals surface area contributed by atoms with E-state index < -0.39 is 0 Å². The summed E-state index contributed by atoms with van der Waals surface area (Å²) in [5, 5.41) is 0. The molecule has 0 aromatic heterocycles. The average Bonchev–Trinajstić information content (AvgIpc) is 2.83.